The highest BCUT2D eigenvalue weighted by Gasteiger charge is 2.22. The maximum Gasteiger partial charge on any atom is 0.251 e. The van der Waals surface area contributed by atoms with Crippen LogP contribution < -0.4 is 11.1 Å². The van der Waals surface area contributed by atoms with E-state index in [1.54, 1.807) is 30.3 Å². The Kier molecular flexibility index (Phi) is 5.56. The zero-order valence-corrected chi connectivity index (χ0v) is 14.6. The standard InChI is InChI=1S/C19H21ClFN3O/c20-18-10-15(21)7-6-14(18)11-24-8-2-5-17(12-24)23-19(25)13-3-1-4-16(22)9-13/h1,3-4,6-7,9-10,17H,2,5,8,11-12,22H2,(H,23,25). The van der Waals surface area contributed by atoms with Crippen LogP contribution in [0.1, 0.15) is 28.8 Å². The monoisotopic (exact) mass is 361 g/mol. The van der Waals surface area contributed by atoms with Gasteiger partial charge in [-0.1, -0.05) is 23.7 Å². The number of amides is 1. The molecule has 3 rings (SSSR count). The highest BCUT2D eigenvalue weighted by molar-refractivity contribution is 6.31. The Bertz CT molecular complexity index is 768. The Balaban J connectivity index is 1.60. The molecule has 1 saturated heterocycles. The molecule has 0 radical (unpaired) electrons. The molecular weight excluding hydrogens is 341 g/mol. The van der Waals surface area contributed by atoms with Crippen LogP contribution in [0.15, 0.2) is 42.5 Å². The van der Waals surface area contributed by atoms with Crippen LogP contribution in [0, 0.1) is 5.82 Å². The molecule has 25 heavy (non-hydrogen) atoms. The van der Waals surface area contributed by atoms with Gasteiger partial charge in [0.15, 0.2) is 0 Å². The molecule has 0 aromatic heterocycles. The minimum atomic E-state index is -0.334. The Morgan fingerprint density at radius 3 is 2.92 bits per heavy atom. The van der Waals surface area contributed by atoms with Crippen molar-refractivity contribution in [2.75, 3.05) is 18.8 Å². The number of nitrogen functional groups attached to an aromatic ring is 1. The first kappa shape index (κ1) is 17.7. The number of nitrogens with one attached hydrogen (secondary N) is 1. The van der Waals surface area contributed by atoms with Gasteiger partial charge in [-0.25, -0.2) is 4.39 Å². The van der Waals surface area contributed by atoms with Gasteiger partial charge in [-0.2, -0.15) is 0 Å². The molecule has 0 saturated carbocycles. The fourth-order valence-corrected chi connectivity index (χ4v) is 3.38. The van der Waals surface area contributed by atoms with E-state index in [1.165, 1.54) is 12.1 Å². The second-order valence-corrected chi connectivity index (χ2v) is 6.82. The van der Waals surface area contributed by atoms with Gasteiger partial charge in [0.25, 0.3) is 5.91 Å². The van der Waals surface area contributed by atoms with Crippen molar-refractivity contribution in [1.82, 2.24) is 10.2 Å². The smallest absolute Gasteiger partial charge is 0.251 e. The first-order valence-corrected chi connectivity index (χ1v) is 8.72. The summed E-state index contributed by atoms with van der Waals surface area (Å²) in [6.07, 6.45) is 1.92. The summed E-state index contributed by atoms with van der Waals surface area (Å²) in [4.78, 5) is 14.6. The van der Waals surface area contributed by atoms with E-state index in [2.05, 4.69) is 10.2 Å². The van der Waals surface area contributed by atoms with Gasteiger partial charge >= 0.3 is 0 Å². The number of carbonyl (C=O) groups is 1. The van der Waals surface area contributed by atoms with Crippen molar-refractivity contribution in [3.63, 3.8) is 0 Å². The fourth-order valence-electron chi connectivity index (χ4n) is 3.16. The number of anilines is 1. The van der Waals surface area contributed by atoms with Crippen molar-refractivity contribution >= 4 is 23.2 Å². The number of benzene rings is 2. The molecule has 1 aliphatic rings. The summed E-state index contributed by atoms with van der Waals surface area (Å²) in [6.45, 7) is 2.31. The molecule has 132 valence electrons. The third-order valence-corrected chi connectivity index (χ3v) is 4.75. The number of likely N-dealkylation sites (tertiary alicyclic amines) is 1. The lowest BCUT2D eigenvalue weighted by atomic mass is 10.0. The van der Waals surface area contributed by atoms with Crippen molar-refractivity contribution in [3.8, 4) is 0 Å². The summed E-state index contributed by atoms with van der Waals surface area (Å²) in [5.74, 6) is -0.446. The predicted molar refractivity (Wildman–Crippen MR) is 98.0 cm³/mol. The first-order valence-electron chi connectivity index (χ1n) is 8.34. The average molecular weight is 362 g/mol. The number of hydrogen-bond acceptors (Lipinski definition) is 3. The van der Waals surface area contributed by atoms with Gasteiger partial charge in [0.1, 0.15) is 5.82 Å². The summed E-state index contributed by atoms with van der Waals surface area (Å²) in [6, 6.07) is 11.5. The molecular formula is C19H21ClFN3O. The van der Waals surface area contributed by atoms with E-state index in [0.717, 1.165) is 31.5 Å². The summed E-state index contributed by atoms with van der Waals surface area (Å²) >= 11 is 6.12. The highest BCUT2D eigenvalue weighted by Crippen LogP contribution is 2.21. The molecule has 1 amide bonds. The van der Waals surface area contributed by atoms with Crippen LogP contribution in [0.4, 0.5) is 10.1 Å². The van der Waals surface area contributed by atoms with Gasteiger partial charge in [0.2, 0.25) is 0 Å². The van der Waals surface area contributed by atoms with Crippen molar-refractivity contribution in [2.24, 2.45) is 0 Å². The zero-order valence-electron chi connectivity index (χ0n) is 13.8. The van der Waals surface area contributed by atoms with E-state index in [-0.39, 0.29) is 17.8 Å². The van der Waals surface area contributed by atoms with E-state index >= 15 is 0 Å². The van der Waals surface area contributed by atoms with Crippen LogP contribution >= 0.6 is 11.6 Å². The van der Waals surface area contributed by atoms with Crippen molar-refractivity contribution < 1.29 is 9.18 Å². The highest BCUT2D eigenvalue weighted by atomic mass is 35.5. The first-order chi connectivity index (χ1) is 12.0. The van der Waals surface area contributed by atoms with Crippen LogP contribution in [0.25, 0.3) is 0 Å². The number of nitrogens with two attached hydrogens (primary N) is 1. The summed E-state index contributed by atoms with van der Waals surface area (Å²) in [5.41, 5.74) is 7.77. The molecule has 1 aliphatic heterocycles. The predicted octanol–water partition coefficient (Wildman–Crippen LogP) is 3.46. The van der Waals surface area contributed by atoms with Crippen molar-refractivity contribution in [1.29, 1.82) is 0 Å². The number of nitrogens with zero attached hydrogens (tertiary/aromatic N) is 1. The van der Waals surface area contributed by atoms with E-state index in [9.17, 15) is 9.18 Å². The number of piperidine rings is 1. The molecule has 1 fully saturated rings. The molecule has 2 aromatic carbocycles. The lowest BCUT2D eigenvalue weighted by Crippen LogP contribution is -2.47. The van der Waals surface area contributed by atoms with Crippen LogP contribution in [0.2, 0.25) is 5.02 Å². The molecule has 0 bridgehead atoms. The molecule has 3 N–H and O–H groups in total. The summed E-state index contributed by atoms with van der Waals surface area (Å²) in [5, 5.41) is 3.51. The second-order valence-electron chi connectivity index (χ2n) is 6.41. The molecule has 1 heterocycles. The number of carbonyl (C=O) groups excluding carboxylic acids is 1. The maximum absolute atomic E-state index is 13.2. The van der Waals surface area contributed by atoms with Gasteiger partial charge in [0, 0.05) is 35.4 Å². The summed E-state index contributed by atoms with van der Waals surface area (Å²) < 4.78 is 13.2. The Labute approximate surface area is 151 Å². The largest absolute Gasteiger partial charge is 0.399 e. The van der Waals surface area contributed by atoms with Crippen LogP contribution in [0.5, 0.6) is 0 Å². The maximum atomic E-state index is 13.2. The zero-order chi connectivity index (χ0) is 17.8. The minimum Gasteiger partial charge on any atom is -0.399 e. The third kappa shape index (κ3) is 4.71. The number of hydrogen-bond donors (Lipinski definition) is 2. The lowest BCUT2D eigenvalue weighted by molar-refractivity contribution is 0.0901. The molecule has 4 nitrogen and oxygen atoms in total. The minimum absolute atomic E-state index is 0.0712. The van der Waals surface area contributed by atoms with Crippen LogP contribution in [0.3, 0.4) is 0 Å². The average Bonchev–Trinajstić information content (AvgIpc) is 2.58. The van der Waals surface area contributed by atoms with Gasteiger partial charge in [-0.05, 0) is 55.3 Å². The van der Waals surface area contributed by atoms with Gasteiger partial charge < -0.3 is 11.1 Å². The number of rotatable bonds is 4. The van der Waals surface area contributed by atoms with Crippen molar-refractivity contribution in [3.05, 3.63) is 64.4 Å². The third-order valence-electron chi connectivity index (χ3n) is 4.40. The van der Waals surface area contributed by atoms with Gasteiger partial charge in [-0.15, -0.1) is 0 Å². The molecule has 6 heteroatoms. The van der Waals surface area contributed by atoms with E-state index < -0.39 is 0 Å². The fraction of sp³-hybridized carbons (Fsp3) is 0.316. The Morgan fingerprint density at radius 2 is 2.16 bits per heavy atom. The molecule has 0 aliphatic carbocycles. The van der Waals surface area contributed by atoms with Gasteiger partial charge in [0.05, 0.1) is 0 Å². The van der Waals surface area contributed by atoms with Crippen molar-refractivity contribution in [2.45, 2.75) is 25.4 Å². The second kappa shape index (κ2) is 7.85. The van der Waals surface area contributed by atoms with E-state index in [4.69, 9.17) is 17.3 Å². The van der Waals surface area contributed by atoms with E-state index in [1.807, 2.05) is 0 Å². The molecule has 1 unspecified atom stereocenters. The van der Waals surface area contributed by atoms with E-state index in [0.29, 0.717) is 22.8 Å². The quantitative estimate of drug-likeness (QED) is 0.820. The molecule has 2 aromatic rings. The Morgan fingerprint density at radius 1 is 1.32 bits per heavy atom. The molecule has 1 atom stereocenters. The SMILES string of the molecule is Nc1cccc(C(=O)NC2CCCN(Cc3ccc(F)cc3Cl)C2)c1. The van der Waals surface area contributed by atoms with Crippen LogP contribution in [-0.2, 0) is 6.54 Å². The Hall–Kier alpha value is -2.11. The van der Waals surface area contributed by atoms with Gasteiger partial charge in [-0.3, -0.25) is 9.69 Å². The van der Waals surface area contributed by atoms with Crippen LogP contribution in [-0.4, -0.2) is 29.9 Å². The lowest BCUT2D eigenvalue weighted by Gasteiger charge is -2.33. The molecule has 0 spiro atoms. The summed E-state index contributed by atoms with van der Waals surface area (Å²) in [7, 11) is 0. The number of halogens is 2. The topological polar surface area (TPSA) is 58.4 Å². The normalized spacial score (nSPS) is 18.1.